The number of rotatable bonds is 7. The lowest BCUT2D eigenvalue weighted by Crippen LogP contribution is -2.30. The van der Waals surface area contributed by atoms with Gasteiger partial charge >= 0.3 is 0 Å². The molecule has 33 heavy (non-hydrogen) atoms. The molecule has 1 unspecified atom stereocenters. The van der Waals surface area contributed by atoms with Gasteiger partial charge in [0.25, 0.3) is 5.91 Å². The second-order valence-corrected chi connectivity index (χ2v) is 7.23. The summed E-state index contributed by atoms with van der Waals surface area (Å²) in [4.78, 5) is 14.8. The maximum absolute atomic E-state index is 13.3. The minimum absolute atomic E-state index is 0.0693. The average Bonchev–Trinajstić information content (AvgIpc) is 3.12. The van der Waals surface area contributed by atoms with Crippen molar-refractivity contribution in [1.82, 2.24) is 0 Å². The van der Waals surface area contributed by atoms with Crippen LogP contribution >= 0.6 is 0 Å². The van der Waals surface area contributed by atoms with Gasteiger partial charge in [0.15, 0.2) is 11.5 Å². The van der Waals surface area contributed by atoms with Crippen molar-refractivity contribution in [3.05, 3.63) is 101 Å². The SMILES string of the molecule is COc1ccc(/C=N/N=C\C2=C(O)C(c3ccccc3)N(c3ccccc3)C2=O)cc1OC. The second-order valence-electron chi connectivity index (χ2n) is 7.23. The number of aliphatic hydroxyl groups excluding tert-OH is 1. The molecule has 7 nitrogen and oxygen atoms in total. The van der Waals surface area contributed by atoms with Gasteiger partial charge in [0.1, 0.15) is 17.4 Å². The number of ether oxygens (including phenoxy) is 2. The molecule has 0 bridgehead atoms. The molecule has 0 aromatic heterocycles. The normalized spacial score (nSPS) is 16.2. The highest BCUT2D eigenvalue weighted by molar-refractivity contribution is 6.22. The van der Waals surface area contributed by atoms with Gasteiger partial charge in [0, 0.05) is 5.69 Å². The summed E-state index contributed by atoms with van der Waals surface area (Å²) in [6.45, 7) is 0. The Labute approximate surface area is 191 Å². The van der Waals surface area contributed by atoms with E-state index in [0.717, 1.165) is 11.1 Å². The molecule has 7 heteroatoms. The van der Waals surface area contributed by atoms with E-state index in [4.69, 9.17) is 9.47 Å². The fraction of sp³-hybridized carbons (Fsp3) is 0.115. The molecule has 0 saturated carbocycles. The lowest BCUT2D eigenvalue weighted by atomic mass is 10.0. The molecular formula is C26H23N3O4. The van der Waals surface area contributed by atoms with Crippen LogP contribution in [0.4, 0.5) is 5.69 Å². The van der Waals surface area contributed by atoms with Gasteiger partial charge in [-0.3, -0.25) is 9.69 Å². The summed E-state index contributed by atoms with van der Waals surface area (Å²) in [6.07, 6.45) is 2.81. The first kappa shape index (κ1) is 21.8. The van der Waals surface area contributed by atoms with Gasteiger partial charge in [-0.2, -0.15) is 10.2 Å². The predicted octanol–water partition coefficient (Wildman–Crippen LogP) is 4.71. The number of para-hydroxylation sites is 1. The van der Waals surface area contributed by atoms with Crippen LogP contribution in [0.1, 0.15) is 17.2 Å². The summed E-state index contributed by atoms with van der Waals surface area (Å²) >= 11 is 0. The number of aliphatic hydroxyl groups is 1. The molecule has 1 aliphatic heterocycles. The Morgan fingerprint density at radius 2 is 1.48 bits per heavy atom. The topological polar surface area (TPSA) is 83.7 Å². The molecule has 0 spiro atoms. The zero-order chi connectivity index (χ0) is 23.2. The van der Waals surface area contributed by atoms with E-state index >= 15 is 0 Å². The number of nitrogens with zero attached hydrogens (tertiary/aromatic N) is 3. The third kappa shape index (κ3) is 4.48. The van der Waals surface area contributed by atoms with E-state index in [9.17, 15) is 9.90 Å². The van der Waals surface area contributed by atoms with Crippen molar-refractivity contribution in [3.63, 3.8) is 0 Å². The van der Waals surface area contributed by atoms with Crippen LogP contribution in [0.2, 0.25) is 0 Å². The van der Waals surface area contributed by atoms with Crippen molar-refractivity contribution in [2.24, 2.45) is 10.2 Å². The molecule has 0 fully saturated rings. The Morgan fingerprint density at radius 1 is 0.848 bits per heavy atom. The average molecular weight is 441 g/mol. The Kier molecular flexibility index (Phi) is 6.50. The van der Waals surface area contributed by atoms with Crippen LogP contribution in [0.15, 0.2) is 100 Å². The summed E-state index contributed by atoms with van der Waals surface area (Å²) < 4.78 is 10.5. The molecule has 1 heterocycles. The number of anilines is 1. The van der Waals surface area contributed by atoms with E-state index in [1.807, 2.05) is 60.7 Å². The number of carbonyl (C=O) groups excluding carboxylic acids is 1. The molecule has 0 radical (unpaired) electrons. The maximum Gasteiger partial charge on any atom is 0.264 e. The Morgan fingerprint density at radius 3 is 2.15 bits per heavy atom. The van der Waals surface area contributed by atoms with E-state index in [1.54, 1.807) is 37.3 Å². The number of carbonyl (C=O) groups is 1. The fourth-order valence-corrected chi connectivity index (χ4v) is 3.67. The quantitative estimate of drug-likeness (QED) is 0.425. The highest BCUT2D eigenvalue weighted by atomic mass is 16.5. The molecule has 1 N–H and O–H groups in total. The van der Waals surface area contributed by atoms with Gasteiger partial charge in [0.2, 0.25) is 0 Å². The molecular weight excluding hydrogens is 418 g/mol. The van der Waals surface area contributed by atoms with Crippen LogP contribution in [0.25, 0.3) is 0 Å². The van der Waals surface area contributed by atoms with Gasteiger partial charge in [-0.25, -0.2) is 0 Å². The molecule has 1 aliphatic rings. The first-order chi connectivity index (χ1) is 16.1. The van der Waals surface area contributed by atoms with Crippen molar-refractivity contribution in [2.75, 3.05) is 19.1 Å². The molecule has 4 rings (SSSR count). The lowest BCUT2D eigenvalue weighted by Gasteiger charge is -2.25. The van der Waals surface area contributed by atoms with E-state index in [-0.39, 0.29) is 17.2 Å². The largest absolute Gasteiger partial charge is 0.509 e. The molecule has 166 valence electrons. The first-order valence-corrected chi connectivity index (χ1v) is 10.3. The fourth-order valence-electron chi connectivity index (χ4n) is 3.67. The van der Waals surface area contributed by atoms with Crippen molar-refractivity contribution in [2.45, 2.75) is 6.04 Å². The minimum atomic E-state index is -0.641. The molecule has 1 atom stereocenters. The van der Waals surface area contributed by atoms with E-state index in [1.165, 1.54) is 12.4 Å². The molecule has 0 aliphatic carbocycles. The van der Waals surface area contributed by atoms with Crippen LogP contribution in [0.3, 0.4) is 0 Å². The summed E-state index contributed by atoms with van der Waals surface area (Å²) in [6, 6.07) is 23.3. The van der Waals surface area contributed by atoms with Crippen molar-refractivity contribution >= 4 is 24.0 Å². The predicted molar refractivity (Wildman–Crippen MR) is 128 cm³/mol. The number of methoxy groups -OCH3 is 2. The van der Waals surface area contributed by atoms with Crippen LogP contribution in [-0.2, 0) is 4.79 Å². The van der Waals surface area contributed by atoms with Crippen LogP contribution < -0.4 is 14.4 Å². The molecule has 3 aromatic rings. The van der Waals surface area contributed by atoms with Crippen LogP contribution in [-0.4, -0.2) is 37.7 Å². The van der Waals surface area contributed by atoms with Crippen molar-refractivity contribution in [3.8, 4) is 11.5 Å². The van der Waals surface area contributed by atoms with Crippen LogP contribution in [0, 0.1) is 0 Å². The van der Waals surface area contributed by atoms with Gasteiger partial charge < -0.3 is 14.6 Å². The maximum atomic E-state index is 13.3. The standard InChI is InChI=1S/C26H23N3O4/c1-32-22-14-13-18(15-23(22)33-2)16-27-28-17-21-25(30)24(19-9-5-3-6-10-19)29(26(21)31)20-11-7-4-8-12-20/h3-17,24,30H,1-2H3/b27-16+,28-17-. The summed E-state index contributed by atoms with van der Waals surface area (Å²) in [7, 11) is 3.12. The van der Waals surface area contributed by atoms with E-state index in [0.29, 0.717) is 17.2 Å². The van der Waals surface area contributed by atoms with Gasteiger partial charge in [0.05, 0.1) is 26.6 Å². The lowest BCUT2D eigenvalue weighted by molar-refractivity contribution is -0.114. The highest BCUT2D eigenvalue weighted by Gasteiger charge is 2.40. The zero-order valence-electron chi connectivity index (χ0n) is 18.3. The number of benzene rings is 3. The van der Waals surface area contributed by atoms with Gasteiger partial charge in [-0.05, 0) is 41.5 Å². The summed E-state index contributed by atoms with van der Waals surface area (Å²) in [5.41, 5.74) is 2.32. The van der Waals surface area contributed by atoms with E-state index in [2.05, 4.69) is 10.2 Å². The third-order valence-electron chi connectivity index (χ3n) is 5.26. The van der Waals surface area contributed by atoms with Crippen molar-refractivity contribution < 1.29 is 19.4 Å². The summed E-state index contributed by atoms with van der Waals surface area (Å²) in [5.74, 6) is 0.761. The van der Waals surface area contributed by atoms with Gasteiger partial charge in [-0.15, -0.1) is 0 Å². The van der Waals surface area contributed by atoms with E-state index < -0.39 is 6.04 Å². The molecule has 0 saturated heterocycles. The zero-order valence-corrected chi connectivity index (χ0v) is 18.3. The second kappa shape index (κ2) is 9.82. The minimum Gasteiger partial charge on any atom is -0.509 e. The van der Waals surface area contributed by atoms with Crippen LogP contribution in [0.5, 0.6) is 11.5 Å². The van der Waals surface area contributed by atoms with Gasteiger partial charge in [-0.1, -0.05) is 48.5 Å². The number of hydrogen-bond donors (Lipinski definition) is 1. The summed E-state index contributed by atoms with van der Waals surface area (Å²) in [5, 5.41) is 19.0. The smallest absolute Gasteiger partial charge is 0.264 e. The number of amides is 1. The Bertz CT molecular complexity index is 1220. The first-order valence-electron chi connectivity index (χ1n) is 10.3. The Balaban J connectivity index is 1.62. The number of hydrogen-bond acceptors (Lipinski definition) is 6. The molecule has 1 amide bonds. The third-order valence-corrected chi connectivity index (χ3v) is 5.26. The highest BCUT2D eigenvalue weighted by Crippen LogP contribution is 2.39. The van der Waals surface area contributed by atoms with Crippen molar-refractivity contribution in [1.29, 1.82) is 0 Å². The molecule has 3 aromatic carbocycles. The Hall–Kier alpha value is -4.39. The monoisotopic (exact) mass is 441 g/mol.